The number of aryl methyl sites for hydroxylation is 1. The molecule has 0 saturated heterocycles. The number of guanidine groups is 1. The Hall–Kier alpha value is -2.77. The van der Waals surface area contributed by atoms with E-state index >= 15 is 0 Å². The van der Waals surface area contributed by atoms with E-state index in [-0.39, 0.29) is 5.88 Å². The molecule has 5 nitrogen and oxygen atoms in total. The molecule has 0 bridgehead atoms. The molecule has 2 N–H and O–H groups in total. The summed E-state index contributed by atoms with van der Waals surface area (Å²) in [6, 6.07) is 11.2. The van der Waals surface area contributed by atoms with E-state index in [1.807, 2.05) is 32.0 Å². The number of hydrogen-bond donors (Lipinski definition) is 2. The molecular weight excluding hydrogens is 357 g/mol. The van der Waals surface area contributed by atoms with Crippen molar-refractivity contribution < 1.29 is 17.9 Å². The van der Waals surface area contributed by atoms with Crippen molar-refractivity contribution >= 4 is 5.96 Å². The molecule has 146 valence electrons. The molecule has 8 heteroatoms. The maximum absolute atomic E-state index is 12.1. The average molecular weight is 380 g/mol. The highest BCUT2D eigenvalue weighted by molar-refractivity contribution is 5.79. The van der Waals surface area contributed by atoms with E-state index in [0.29, 0.717) is 25.6 Å². The third-order valence-corrected chi connectivity index (χ3v) is 3.49. The van der Waals surface area contributed by atoms with Crippen molar-refractivity contribution in [1.29, 1.82) is 0 Å². The predicted octanol–water partition coefficient (Wildman–Crippen LogP) is 3.59. The smallest absolute Gasteiger partial charge is 0.422 e. The second-order valence-electron chi connectivity index (χ2n) is 5.95. The van der Waals surface area contributed by atoms with Crippen molar-refractivity contribution in [3.05, 3.63) is 59.3 Å². The fourth-order valence-corrected chi connectivity index (χ4v) is 2.27. The molecule has 0 amide bonds. The Bertz CT molecular complexity index is 745. The van der Waals surface area contributed by atoms with Crippen LogP contribution in [0.15, 0.2) is 47.6 Å². The first-order chi connectivity index (χ1) is 12.9. The van der Waals surface area contributed by atoms with Gasteiger partial charge in [0.05, 0.1) is 6.54 Å². The van der Waals surface area contributed by atoms with Crippen LogP contribution >= 0.6 is 0 Å². The zero-order valence-corrected chi connectivity index (χ0v) is 15.3. The van der Waals surface area contributed by atoms with Crippen LogP contribution in [0.3, 0.4) is 0 Å². The van der Waals surface area contributed by atoms with Crippen molar-refractivity contribution in [1.82, 2.24) is 15.6 Å². The minimum Gasteiger partial charge on any atom is -0.468 e. The zero-order chi connectivity index (χ0) is 19.7. The van der Waals surface area contributed by atoms with Crippen LogP contribution in [0.2, 0.25) is 0 Å². The first kappa shape index (κ1) is 20.5. The summed E-state index contributed by atoms with van der Waals surface area (Å²) in [4.78, 5) is 8.35. The molecule has 0 radical (unpaired) electrons. The van der Waals surface area contributed by atoms with Gasteiger partial charge in [-0.3, -0.25) is 0 Å². The molecule has 2 aromatic rings. The van der Waals surface area contributed by atoms with Crippen molar-refractivity contribution in [2.75, 3.05) is 13.2 Å². The monoisotopic (exact) mass is 380 g/mol. The van der Waals surface area contributed by atoms with Gasteiger partial charge in [-0.15, -0.1) is 0 Å². The molecule has 0 aliphatic rings. The van der Waals surface area contributed by atoms with Crippen LogP contribution in [-0.4, -0.2) is 30.3 Å². The Morgan fingerprint density at radius 1 is 1.15 bits per heavy atom. The largest absolute Gasteiger partial charge is 0.468 e. The van der Waals surface area contributed by atoms with Crippen LogP contribution < -0.4 is 15.4 Å². The lowest BCUT2D eigenvalue weighted by atomic mass is 10.1. The molecule has 1 aromatic heterocycles. The molecule has 0 aliphatic carbocycles. The summed E-state index contributed by atoms with van der Waals surface area (Å²) in [5.74, 6) is 0.584. The van der Waals surface area contributed by atoms with Gasteiger partial charge in [-0.1, -0.05) is 35.9 Å². The molecule has 2 rings (SSSR count). The average Bonchev–Trinajstić information content (AvgIpc) is 2.62. The Morgan fingerprint density at radius 3 is 2.59 bits per heavy atom. The molecule has 0 fully saturated rings. The SMILES string of the molecule is CCNC(=NCc1ccc(OCC(F)(F)F)nc1)NCc1cccc(C)c1. The second-order valence-corrected chi connectivity index (χ2v) is 5.95. The van der Waals surface area contributed by atoms with E-state index in [1.165, 1.54) is 17.8 Å². The fourth-order valence-electron chi connectivity index (χ4n) is 2.27. The molecule has 1 heterocycles. The number of pyridine rings is 1. The summed E-state index contributed by atoms with van der Waals surface area (Å²) in [7, 11) is 0. The minimum atomic E-state index is -4.38. The lowest BCUT2D eigenvalue weighted by molar-refractivity contribution is -0.154. The van der Waals surface area contributed by atoms with Crippen LogP contribution in [0.1, 0.15) is 23.6 Å². The Morgan fingerprint density at radius 2 is 1.96 bits per heavy atom. The third-order valence-electron chi connectivity index (χ3n) is 3.49. The van der Waals surface area contributed by atoms with Crippen LogP contribution in [0, 0.1) is 6.92 Å². The van der Waals surface area contributed by atoms with E-state index in [2.05, 4.69) is 31.4 Å². The number of benzene rings is 1. The number of nitrogens with zero attached hydrogens (tertiary/aromatic N) is 2. The van der Waals surface area contributed by atoms with Gasteiger partial charge < -0.3 is 15.4 Å². The van der Waals surface area contributed by atoms with Gasteiger partial charge in [0.25, 0.3) is 0 Å². The van der Waals surface area contributed by atoms with E-state index in [0.717, 1.165) is 11.1 Å². The highest BCUT2D eigenvalue weighted by Crippen LogP contribution is 2.17. The van der Waals surface area contributed by atoms with Crippen molar-refractivity contribution in [2.24, 2.45) is 4.99 Å². The molecule has 0 saturated carbocycles. The highest BCUT2D eigenvalue weighted by Gasteiger charge is 2.28. The number of alkyl halides is 3. The minimum absolute atomic E-state index is 0.0652. The number of aromatic nitrogens is 1. The summed E-state index contributed by atoms with van der Waals surface area (Å²) in [5, 5.41) is 6.41. The van der Waals surface area contributed by atoms with Gasteiger partial charge in [0.1, 0.15) is 0 Å². The third kappa shape index (κ3) is 7.98. The van der Waals surface area contributed by atoms with Gasteiger partial charge in [0.15, 0.2) is 12.6 Å². The van der Waals surface area contributed by atoms with Gasteiger partial charge in [-0.25, -0.2) is 9.98 Å². The Kier molecular flexibility index (Phi) is 7.45. The molecule has 27 heavy (non-hydrogen) atoms. The Labute approximate surface area is 156 Å². The molecule has 0 spiro atoms. The van der Waals surface area contributed by atoms with Crippen molar-refractivity contribution in [3.63, 3.8) is 0 Å². The number of halogens is 3. The van der Waals surface area contributed by atoms with Crippen LogP contribution in [-0.2, 0) is 13.1 Å². The summed E-state index contributed by atoms with van der Waals surface area (Å²) in [5.41, 5.74) is 3.10. The van der Waals surface area contributed by atoms with Crippen molar-refractivity contribution in [2.45, 2.75) is 33.1 Å². The number of hydrogen-bond acceptors (Lipinski definition) is 3. The molecule has 1 aromatic carbocycles. The van der Waals surface area contributed by atoms with Gasteiger partial charge in [0, 0.05) is 25.4 Å². The molecule has 0 aliphatic heterocycles. The van der Waals surface area contributed by atoms with E-state index in [1.54, 1.807) is 6.07 Å². The van der Waals surface area contributed by atoms with Crippen LogP contribution in [0.4, 0.5) is 13.2 Å². The summed E-state index contributed by atoms with van der Waals surface area (Å²) in [6.45, 7) is 4.34. The number of ether oxygens (including phenoxy) is 1. The normalized spacial score (nSPS) is 12.0. The van der Waals surface area contributed by atoms with E-state index in [4.69, 9.17) is 0 Å². The maximum Gasteiger partial charge on any atom is 0.422 e. The van der Waals surface area contributed by atoms with Gasteiger partial charge in [-0.05, 0) is 25.0 Å². The van der Waals surface area contributed by atoms with Gasteiger partial charge in [0.2, 0.25) is 5.88 Å². The molecular formula is C19H23F3N4O. The summed E-state index contributed by atoms with van der Waals surface area (Å²) < 4.78 is 41.0. The van der Waals surface area contributed by atoms with Crippen molar-refractivity contribution in [3.8, 4) is 5.88 Å². The van der Waals surface area contributed by atoms with E-state index < -0.39 is 12.8 Å². The standard InChI is InChI=1S/C19H23F3N4O/c1-3-23-18(25-10-15-6-4-5-14(2)9-15)26-12-16-7-8-17(24-11-16)27-13-19(20,21)22/h4-9,11H,3,10,12-13H2,1-2H3,(H2,23,25,26). The summed E-state index contributed by atoms with van der Waals surface area (Å²) >= 11 is 0. The fraction of sp³-hybridized carbons (Fsp3) is 0.368. The number of aliphatic imine (C=N–C) groups is 1. The quantitative estimate of drug-likeness (QED) is 0.569. The van der Waals surface area contributed by atoms with Crippen LogP contribution in [0.25, 0.3) is 0 Å². The first-order valence-corrected chi connectivity index (χ1v) is 8.58. The molecule has 0 unspecified atom stereocenters. The number of nitrogens with one attached hydrogen (secondary N) is 2. The second kappa shape index (κ2) is 9.80. The lowest BCUT2D eigenvalue weighted by Gasteiger charge is -2.12. The topological polar surface area (TPSA) is 58.5 Å². The maximum atomic E-state index is 12.1. The lowest BCUT2D eigenvalue weighted by Crippen LogP contribution is -2.36. The zero-order valence-electron chi connectivity index (χ0n) is 15.3. The predicted molar refractivity (Wildman–Crippen MR) is 98.6 cm³/mol. The van der Waals surface area contributed by atoms with Gasteiger partial charge >= 0.3 is 6.18 Å². The van der Waals surface area contributed by atoms with Gasteiger partial charge in [-0.2, -0.15) is 13.2 Å². The highest BCUT2D eigenvalue weighted by atomic mass is 19.4. The molecule has 0 atom stereocenters. The first-order valence-electron chi connectivity index (χ1n) is 8.58. The van der Waals surface area contributed by atoms with E-state index in [9.17, 15) is 13.2 Å². The van der Waals surface area contributed by atoms with Crippen LogP contribution in [0.5, 0.6) is 5.88 Å². The Balaban J connectivity index is 1.91. The summed E-state index contributed by atoms with van der Waals surface area (Å²) in [6.07, 6.45) is -2.92. The number of rotatable bonds is 7.